The van der Waals surface area contributed by atoms with Crippen molar-refractivity contribution in [1.29, 1.82) is 0 Å². The van der Waals surface area contributed by atoms with Crippen LogP contribution >= 0.6 is 0 Å². The zero-order chi connectivity index (χ0) is 13.0. The molecule has 2 N–H and O–H groups in total. The SMILES string of the molecule is CC(=O)CNc1cccc(C(=O)O)c1[N+](=O)[O-]. The molecule has 7 heteroatoms. The summed E-state index contributed by atoms with van der Waals surface area (Å²) in [4.78, 5) is 31.6. The highest BCUT2D eigenvalue weighted by molar-refractivity contribution is 5.95. The number of ketones is 1. The van der Waals surface area contributed by atoms with Crippen molar-refractivity contribution in [3.8, 4) is 0 Å². The van der Waals surface area contributed by atoms with E-state index < -0.39 is 22.1 Å². The van der Waals surface area contributed by atoms with E-state index in [-0.39, 0.29) is 18.0 Å². The van der Waals surface area contributed by atoms with Crippen molar-refractivity contribution in [2.45, 2.75) is 6.92 Å². The number of carbonyl (C=O) groups is 2. The van der Waals surface area contributed by atoms with Gasteiger partial charge >= 0.3 is 11.7 Å². The molecule has 1 aromatic rings. The Labute approximate surface area is 96.2 Å². The van der Waals surface area contributed by atoms with Gasteiger partial charge in [0.05, 0.1) is 11.5 Å². The highest BCUT2D eigenvalue weighted by Crippen LogP contribution is 2.28. The van der Waals surface area contributed by atoms with Crippen molar-refractivity contribution >= 4 is 23.1 Å². The van der Waals surface area contributed by atoms with Crippen LogP contribution in [0, 0.1) is 10.1 Å². The van der Waals surface area contributed by atoms with E-state index in [9.17, 15) is 19.7 Å². The van der Waals surface area contributed by atoms with Crippen LogP contribution in [-0.2, 0) is 4.79 Å². The Morgan fingerprint density at radius 2 is 2.12 bits per heavy atom. The predicted octanol–water partition coefficient (Wildman–Crippen LogP) is 1.29. The van der Waals surface area contributed by atoms with E-state index in [1.54, 1.807) is 0 Å². The number of aromatic carboxylic acids is 1. The van der Waals surface area contributed by atoms with Crippen molar-refractivity contribution in [2.75, 3.05) is 11.9 Å². The van der Waals surface area contributed by atoms with Gasteiger partial charge in [-0.05, 0) is 19.1 Å². The summed E-state index contributed by atoms with van der Waals surface area (Å²) in [7, 11) is 0. The number of benzene rings is 1. The molecule has 0 heterocycles. The van der Waals surface area contributed by atoms with E-state index in [0.29, 0.717) is 0 Å². The largest absolute Gasteiger partial charge is 0.477 e. The lowest BCUT2D eigenvalue weighted by molar-refractivity contribution is -0.384. The number of carboxylic acid groups (broad SMARTS) is 1. The minimum absolute atomic E-state index is 0.0186. The summed E-state index contributed by atoms with van der Waals surface area (Å²) < 4.78 is 0. The van der Waals surface area contributed by atoms with Crippen LogP contribution in [0.5, 0.6) is 0 Å². The van der Waals surface area contributed by atoms with E-state index in [1.165, 1.54) is 19.1 Å². The summed E-state index contributed by atoms with van der Waals surface area (Å²) in [5, 5.41) is 22.2. The molecule has 7 nitrogen and oxygen atoms in total. The maximum absolute atomic E-state index is 10.8. The fourth-order valence-electron chi connectivity index (χ4n) is 1.28. The molecule has 0 aliphatic rings. The zero-order valence-electron chi connectivity index (χ0n) is 8.97. The predicted molar refractivity (Wildman–Crippen MR) is 59.2 cm³/mol. The number of hydrogen-bond acceptors (Lipinski definition) is 5. The topological polar surface area (TPSA) is 110 Å². The van der Waals surface area contributed by atoms with E-state index in [1.807, 2.05) is 0 Å². The molecule has 0 bridgehead atoms. The number of nitrogens with one attached hydrogen (secondary N) is 1. The Balaban J connectivity index is 3.20. The molecular formula is C10H10N2O5. The zero-order valence-corrected chi connectivity index (χ0v) is 8.97. The van der Waals surface area contributed by atoms with Crippen LogP contribution in [-0.4, -0.2) is 28.3 Å². The number of anilines is 1. The third-order valence-electron chi connectivity index (χ3n) is 1.98. The second-order valence-electron chi connectivity index (χ2n) is 3.32. The van der Waals surface area contributed by atoms with Gasteiger partial charge in [0.25, 0.3) is 0 Å². The molecule has 0 saturated heterocycles. The molecule has 1 rings (SSSR count). The lowest BCUT2D eigenvalue weighted by Crippen LogP contribution is -2.13. The average Bonchev–Trinajstić information content (AvgIpc) is 2.25. The van der Waals surface area contributed by atoms with Gasteiger partial charge in [-0.15, -0.1) is 0 Å². The first-order valence-electron chi connectivity index (χ1n) is 4.67. The standard InChI is InChI=1S/C10H10N2O5/c1-6(13)5-11-8-4-2-3-7(10(14)15)9(8)12(16)17/h2-4,11H,5H2,1H3,(H,14,15). The first kappa shape index (κ1) is 12.6. The van der Waals surface area contributed by atoms with Crippen LogP contribution in [0.4, 0.5) is 11.4 Å². The highest BCUT2D eigenvalue weighted by atomic mass is 16.6. The van der Waals surface area contributed by atoms with E-state index in [0.717, 1.165) is 6.07 Å². The van der Waals surface area contributed by atoms with Crippen molar-refractivity contribution < 1.29 is 19.6 Å². The van der Waals surface area contributed by atoms with Crippen LogP contribution < -0.4 is 5.32 Å². The maximum atomic E-state index is 10.8. The first-order chi connectivity index (χ1) is 7.93. The summed E-state index contributed by atoms with van der Waals surface area (Å²) in [5.41, 5.74) is -0.935. The number of rotatable bonds is 5. The van der Waals surface area contributed by atoms with E-state index in [4.69, 9.17) is 5.11 Å². The maximum Gasteiger partial charge on any atom is 0.342 e. The van der Waals surface area contributed by atoms with Gasteiger partial charge in [0.1, 0.15) is 17.0 Å². The number of hydrogen-bond donors (Lipinski definition) is 2. The lowest BCUT2D eigenvalue weighted by Gasteiger charge is -2.06. The molecule has 1 aromatic carbocycles. The van der Waals surface area contributed by atoms with Crippen molar-refractivity contribution in [3.05, 3.63) is 33.9 Å². The van der Waals surface area contributed by atoms with Gasteiger partial charge in [-0.3, -0.25) is 14.9 Å². The number of nitro benzene ring substituents is 1. The summed E-state index contributed by atoms with van der Waals surface area (Å²) in [6.07, 6.45) is 0. The minimum atomic E-state index is -1.39. The molecule has 17 heavy (non-hydrogen) atoms. The quantitative estimate of drug-likeness (QED) is 0.590. The van der Waals surface area contributed by atoms with Crippen LogP contribution in [0.25, 0.3) is 0 Å². The van der Waals surface area contributed by atoms with Crippen LogP contribution in [0.1, 0.15) is 17.3 Å². The van der Waals surface area contributed by atoms with Crippen molar-refractivity contribution in [3.63, 3.8) is 0 Å². The number of carboxylic acids is 1. The fraction of sp³-hybridized carbons (Fsp3) is 0.200. The molecule has 0 amide bonds. The Bertz CT molecular complexity index is 484. The summed E-state index contributed by atoms with van der Waals surface area (Å²) >= 11 is 0. The number of nitro groups is 1. The third kappa shape index (κ3) is 3.00. The Hall–Kier alpha value is -2.44. The number of nitrogens with zero attached hydrogens (tertiary/aromatic N) is 1. The molecule has 0 atom stereocenters. The van der Waals surface area contributed by atoms with Gasteiger partial charge in [-0.2, -0.15) is 0 Å². The van der Waals surface area contributed by atoms with E-state index >= 15 is 0 Å². The minimum Gasteiger partial charge on any atom is -0.477 e. The summed E-state index contributed by atoms with van der Waals surface area (Å²) in [6, 6.07) is 3.87. The number of carbonyl (C=O) groups excluding carboxylic acids is 1. The van der Waals surface area contributed by atoms with Crippen LogP contribution in [0.3, 0.4) is 0 Å². The Kier molecular flexibility index (Phi) is 3.76. The molecule has 0 aliphatic heterocycles. The summed E-state index contributed by atoms with van der Waals surface area (Å²) in [6.45, 7) is 1.23. The van der Waals surface area contributed by atoms with Crippen LogP contribution in [0.2, 0.25) is 0 Å². The second-order valence-corrected chi connectivity index (χ2v) is 3.32. The third-order valence-corrected chi connectivity index (χ3v) is 1.98. The molecule has 0 aromatic heterocycles. The molecule has 0 spiro atoms. The van der Waals surface area contributed by atoms with Gasteiger partial charge in [0.2, 0.25) is 0 Å². The molecule has 0 unspecified atom stereocenters. The number of para-hydroxylation sites is 1. The monoisotopic (exact) mass is 238 g/mol. The van der Waals surface area contributed by atoms with Gasteiger partial charge in [0.15, 0.2) is 0 Å². The Morgan fingerprint density at radius 3 is 2.59 bits per heavy atom. The molecular weight excluding hydrogens is 228 g/mol. The Morgan fingerprint density at radius 1 is 1.47 bits per heavy atom. The van der Waals surface area contributed by atoms with Crippen molar-refractivity contribution in [1.82, 2.24) is 0 Å². The van der Waals surface area contributed by atoms with E-state index in [2.05, 4.69) is 5.32 Å². The molecule has 0 fully saturated rings. The van der Waals surface area contributed by atoms with Gasteiger partial charge in [-0.25, -0.2) is 4.79 Å². The van der Waals surface area contributed by atoms with Crippen molar-refractivity contribution in [2.24, 2.45) is 0 Å². The fourth-order valence-corrected chi connectivity index (χ4v) is 1.28. The molecule has 0 saturated carbocycles. The molecule has 90 valence electrons. The first-order valence-corrected chi connectivity index (χ1v) is 4.67. The smallest absolute Gasteiger partial charge is 0.342 e. The number of Topliss-reactive ketones (excluding diaryl/α,β-unsaturated/α-hetero) is 1. The van der Waals surface area contributed by atoms with Crippen LogP contribution in [0.15, 0.2) is 18.2 Å². The lowest BCUT2D eigenvalue weighted by atomic mass is 10.1. The van der Waals surface area contributed by atoms with Gasteiger partial charge < -0.3 is 10.4 Å². The summed E-state index contributed by atoms with van der Waals surface area (Å²) in [5.74, 6) is -1.59. The van der Waals surface area contributed by atoms with Gasteiger partial charge in [0, 0.05) is 0 Å². The molecule has 0 radical (unpaired) electrons. The second kappa shape index (κ2) is 5.06. The van der Waals surface area contributed by atoms with Gasteiger partial charge in [-0.1, -0.05) is 6.07 Å². The highest BCUT2D eigenvalue weighted by Gasteiger charge is 2.23. The average molecular weight is 238 g/mol. The molecule has 0 aliphatic carbocycles. The normalized spacial score (nSPS) is 9.71.